The lowest BCUT2D eigenvalue weighted by atomic mass is 9.55. The van der Waals surface area contributed by atoms with Gasteiger partial charge in [-0.25, -0.2) is 0 Å². The summed E-state index contributed by atoms with van der Waals surface area (Å²) >= 11 is 0. The second-order valence-corrected chi connectivity index (χ2v) is 6.19. The molecule has 4 nitrogen and oxygen atoms in total. The van der Waals surface area contributed by atoms with E-state index >= 15 is 0 Å². The van der Waals surface area contributed by atoms with E-state index < -0.39 is 5.41 Å². The first-order valence-electron chi connectivity index (χ1n) is 7.75. The molecule has 2 bridgehead atoms. The lowest BCUT2D eigenvalue weighted by Crippen LogP contribution is -2.62. The number of nitrogens with zero attached hydrogens (tertiary/aromatic N) is 1. The Labute approximate surface area is 129 Å². The van der Waals surface area contributed by atoms with Gasteiger partial charge in [0.25, 0.3) is 0 Å². The molecule has 0 amide bonds. The van der Waals surface area contributed by atoms with Gasteiger partial charge in [-0.2, -0.15) is 5.26 Å². The van der Waals surface area contributed by atoms with E-state index in [-0.39, 0.29) is 23.9 Å². The van der Waals surface area contributed by atoms with E-state index in [1.807, 2.05) is 31.2 Å². The van der Waals surface area contributed by atoms with Crippen LogP contribution in [-0.4, -0.2) is 24.6 Å². The second kappa shape index (κ2) is 4.69. The van der Waals surface area contributed by atoms with Gasteiger partial charge in [0.15, 0.2) is 5.78 Å². The van der Waals surface area contributed by atoms with Crippen molar-refractivity contribution in [1.82, 2.24) is 0 Å². The molecule has 4 aliphatic rings. The third-order valence-electron chi connectivity index (χ3n) is 5.19. The Balaban J connectivity index is 1.91. The van der Waals surface area contributed by atoms with Crippen LogP contribution in [0.3, 0.4) is 0 Å². The first-order valence-corrected chi connectivity index (χ1v) is 7.75. The van der Waals surface area contributed by atoms with Crippen molar-refractivity contribution in [3.05, 3.63) is 41.5 Å². The fourth-order valence-electron chi connectivity index (χ4n) is 4.20. The molecular weight excluding hydrogens is 278 g/mol. The fraction of sp³-hybridized carbons (Fsp3) is 0.444. The highest BCUT2D eigenvalue weighted by atomic mass is 16.5. The minimum Gasteiger partial charge on any atom is -0.488 e. The van der Waals surface area contributed by atoms with Crippen LogP contribution >= 0.6 is 0 Å². The molecule has 1 saturated carbocycles. The Morgan fingerprint density at radius 1 is 1.41 bits per heavy atom. The van der Waals surface area contributed by atoms with Gasteiger partial charge in [-0.05, 0) is 37.8 Å². The van der Waals surface area contributed by atoms with E-state index in [2.05, 4.69) is 6.07 Å². The van der Waals surface area contributed by atoms with Crippen LogP contribution in [0, 0.1) is 22.7 Å². The van der Waals surface area contributed by atoms with Crippen LogP contribution in [0.5, 0.6) is 5.75 Å². The molecular formula is C18H17NO3. The quantitative estimate of drug-likeness (QED) is 0.841. The van der Waals surface area contributed by atoms with Gasteiger partial charge < -0.3 is 9.47 Å². The number of Topliss-reactive ketones (excluding diaryl/α,β-unsaturated/α-hetero) is 1. The smallest absolute Gasteiger partial charge is 0.182 e. The molecule has 1 aromatic rings. The number of hydrogen-bond donors (Lipinski definition) is 0. The molecule has 4 atom stereocenters. The number of ether oxygens (including phenoxy) is 2. The number of benzene rings is 1. The molecule has 112 valence electrons. The van der Waals surface area contributed by atoms with Gasteiger partial charge in [0.2, 0.25) is 0 Å². The summed E-state index contributed by atoms with van der Waals surface area (Å²) in [6.07, 6.45) is 2.83. The van der Waals surface area contributed by atoms with E-state index in [1.165, 1.54) is 0 Å². The SMILES string of the molecule is CCO[C@@H]1CC2C[C@H]3Oc4ccccc4C(=O)C13C=C2C#N. The lowest BCUT2D eigenvalue weighted by molar-refractivity contribution is -0.0987. The van der Waals surface area contributed by atoms with Gasteiger partial charge in [0.05, 0.1) is 17.7 Å². The maximum atomic E-state index is 13.3. The molecule has 1 spiro atoms. The summed E-state index contributed by atoms with van der Waals surface area (Å²) in [7, 11) is 0. The van der Waals surface area contributed by atoms with E-state index in [9.17, 15) is 10.1 Å². The van der Waals surface area contributed by atoms with E-state index in [4.69, 9.17) is 9.47 Å². The average molecular weight is 295 g/mol. The number of rotatable bonds is 2. The normalized spacial score (nSPS) is 35.0. The molecule has 2 unspecified atom stereocenters. The van der Waals surface area contributed by atoms with E-state index in [1.54, 1.807) is 6.07 Å². The third kappa shape index (κ3) is 1.57. The summed E-state index contributed by atoms with van der Waals surface area (Å²) < 4.78 is 12.0. The predicted molar refractivity (Wildman–Crippen MR) is 79.5 cm³/mol. The fourth-order valence-corrected chi connectivity index (χ4v) is 4.20. The molecule has 1 fully saturated rings. The van der Waals surface area contributed by atoms with E-state index in [0.29, 0.717) is 29.9 Å². The topological polar surface area (TPSA) is 59.3 Å². The average Bonchev–Trinajstić information content (AvgIpc) is 2.55. The zero-order valence-electron chi connectivity index (χ0n) is 12.4. The number of fused-ring (bicyclic) bond motifs is 2. The summed E-state index contributed by atoms with van der Waals surface area (Å²) in [6, 6.07) is 9.63. The van der Waals surface area contributed by atoms with Crippen molar-refractivity contribution in [2.45, 2.75) is 32.0 Å². The summed E-state index contributed by atoms with van der Waals surface area (Å²) in [5.41, 5.74) is 0.463. The standard InChI is InChI=1S/C18H17NO3/c1-2-21-15-7-11-8-16-18(15,9-12(11)10-19)17(20)13-5-3-4-6-14(13)22-16/h3-6,9,11,15-16H,2,7-8H2,1H3/t11?,15-,16-,18?/m1/s1. The number of hydrogen-bond acceptors (Lipinski definition) is 4. The first kappa shape index (κ1) is 13.5. The van der Waals surface area contributed by atoms with Crippen LogP contribution in [0.1, 0.15) is 30.1 Å². The minimum absolute atomic E-state index is 0.0312. The van der Waals surface area contributed by atoms with Crippen LogP contribution in [0.2, 0.25) is 0 Å². The molecule has 1 aliphatic heterocycles. The molecule has 0 aromatic heterocycles. The van der Waals surface area contributed by atoms with Gasteiger partial charge >= 0.3 is 0 Å². The molecule has 22 heavy (non-hydrogen) atoms. The van der Waals surface area contributed by atoms with Crippen LogP contribution in [-0.2, 0) is 4.74 Å². The highest BCUT2D eigenvalue weighted by Crippen LogP contribution is 2.55. The van der Waals surface area contributed by atoms with Crippen molar-refractivity contribution in [3.8, 4) is 11.8 Å². The Hall–Kier alpha value is -2.12. The summed E-state index contributed by atoms with van der Waals surface area (Å²) in [5, 5.41) is 9.39. The summed E-state index contributed by atoms with van der Waals surface area (Å²) in [6.45, 7) is 2.49. The first-order chi connectivity index (χ1) is 10.7. The largest absolute Gasteiger partial charge is 0.488 e. The van der Waals surface area contributed by atoms with E-state index in [0.717, 1.165) is 6.42 Å². The highest BCUT2D eigenvalue weighted by molar-refractivity contribution is 6.06. The highest BCUT2D eigenvalue weighted by Gasteiger charge is 2.62. The number of nitriles is 1. The number of carbonyl (C=O) groups excluding carboxylic acids is 1. The number of allylic oxidation sites excluding steroid dienone is 1. The van der Waals surface area contributed by atoms with Crippen molar-refractivity contribution < 1.29 is 14.3 Å². The number of carbonyl (C=O) groups is 1. The van der Waals surface area contributed by atoms with Gasteiger partial charge in [-0.3, -0.25) is 4.79 Å². The van der Waals surface area contributed by atoms with Crippen molar-refractivity contribution in [1.29, 1.82) is 5.26 Å². The van der Waals surface area contributed by atoms with Crippen molar-refractivity contribution in [3.63, 3.8) is 0 Å². The van der Waals surface area contributed by atoms with Crippen LogP contribution < -0.4 is 4.74 Å². The second-order valence-electron chi connectivity index (χ2n) is 6.19. The van der Waals surface area contributed by atoms with Crippen molar-refractivity contribution in [2.24, 2.45) is 11.3 Å². The summed E-state index contributed by atoms with van der Waals surface area (Å²) in [4.78, 5) is 13.3. The zero-order chi connectivity index (χ0) is 15.3. The number of para-hydroxylation sites is 1. The lowest BCUT2D eigenvalue weighted by Gasteiger charge is -2.54. The Morgan fingerprint density at radius 3 is 3.00 bits per heavy atom. The van der Waals surface area contributed by atoms with Crippen LogP contribution in [0.15, 0.2) is 35.9 Å². The van der Waals surface area contributed by atoms with Gasteiger partial charge in [0, 0.05) is 12.2 Å². The summed E-state index contributed by atoms with van der Waals surface area (Å²) in [5.74, 6) is 0.813. The van der Waals surface area contributed by atoms with Crippen LogP contribution in [0.25, 0.3) is 0 Å². The Morgan fingerprint density at radius 2 is 2.23 bits per heavy atom. The molecule has 1 heterocycles. The number of ketones is 1. The zero-order valence-corrected chi connectivity index (χ0v) is 12.4. The molecule has 5 rings (SSSR count). The monoisotopic (exact) mass is 295 g/mol. The van der Waals surface area contributed by atoms with Gasteiger partial charge in [-0.15, -0.1) is 0 Å². The molecule has 1 aromatic carbocycles. The van der Waals surface area contributed by atoms with Gasteiger partial charge in [-0.1, -0.05) is 18.2 Å². The molecule has 3 aliphatic carbocycles. The molecule has 4 heteroatoms. The molecule has 0 saturated heterocycles. The maximum Gasteiger partial charge on any atom is 0.182 e. The predicted octanol–water partition coefficient (Wildman–Crippen LogP) is 2.90. The molecule has 0 N–H and O–H groups in total. The Bertz CT molecular complexity index is 717. The Kier molecular flexibility index (Phi) is 2.88. The molecule has 0 radical (unpaired) electrons. The minimum atomic E-state index is -0.843. The van der Waals surface area contributed by atoms with Crippen LogP contribution in [0.4, 0.5) is 0 Å². The van der Waals surface area contributed by atoms with Crippen molar-refractivity contribution >= 4 is 5.78 Å². The van der Waals surface area contributed by atoms with Gasteiger partial charge in [0.1, 0.15) is 17.3 Å². The third-order valence-corrected chi connectivity index (χ3v) is 5.19. The maximum absolute atomic E-state index is 13.3. The van der Waals surface area contributed by atoms with Crippen molar-refractivity contribution in [2.75, 3.05) is 6.61 Å².